The minimum Gasteiger partial charge on any atom is -0.317 e. The van der Waals surface area contributed by atoms with Crippen LogP contribution in [-0.2, 0) is 20.6 Å². The Morgan fingerprint density at radius 1 is 0.931 bits per heavy atom. The smallest absolute Gasteiger partial charge is 0.317 e. The minimum atomic E-state index is -0.473. The van der Waals surface area contributed by atoms with E-state index in [1.165, 1.54) is 22.5 Å². The van der Waals surface area contributed by atoms with Crippen LogP contribution in [0.2, 0.25) is 0 Å². The first-order valence-corrected chi connectivity index (χ1v) is 9.66. The normalized spacial score (nSPS) is 11.1. The molecule has 0 radical (unpaired) electrons. The number of rotatable bonds is 4. The van der Waals surface area contributed by atoms with E-state index in [0.717, 1.165) is 20.2 Å². The molecule has 29 heavy (non-hydrogen) atoms. The van der Waals surface area contributed by atoms with Crippen LogP contribution in [0.25, 0.3) is 22.3 Å². The summed E-state index contributed by atoms with van der Waals surface area (Å²) in [6, 6.07) is 15.3. The van der Waals surface area contributed by atoms with Crippen molar-refractivity contribution >= 4 is 32.9 Å². The van der Waals surface area contributed by atoms with Crippen LogP contribution in [-0.4, -0.2) is 24.5 Å². The Morgan fingerprint density at radius 3 is 2.14 bits per heavy atom. The number of benzene rings is 2. The third kappa shape index (κ3) is 3.36. The first-order valence-electron chi connectivity index (χ1n) is 8.87. The van der Waals surface area contributed by atoms with Crippen LogP contribution >= 0.6 is 15.9 Å². The summed E-state index contributed by atoms with van der Waals surface area (Å²) >= 11 is 3.42. The highest BCUT2D eigenvalue weighted by Gasteiger charge is 2.16. The van der Waals surface area contributed by atoms with Crippen LogP contribution in [0, 0.1) is 0 Å². The Bertz CT molecular complexity index is 1350. The zero-order valence-corrected chi connectivity index (χ0v) is 17.4. The summed E-state index contributed by atoms with van der Waals surface area (Å²) in [5.74, 6) is -0.150. The van der Waals surface area contributed by atoms with Crippen molar-refractivity contribution in [2.75, 3.05) is 0 Å². The van der Waals surface area contributed by atoms with Gasteiger partial charge in [0, 0.05) is 24.1 Å². The number of carbonyl (C=O) groups is 1. The number of carbonyl (C=O) groups excluding carboxylic acids is 1. The summed E-state index contributed by atoms with van der Waals surface area (Å²) in [4.78, 5) is 41.4. The number of aromatic nitrogens is 4. The van der Waals surface area contributed by atoms with Crippen LogP contribution in [0.15, 0.2) is 68.9 Å². The lowest BCUT2D eigenvalue weighted by molar-refractivity contribution is 0.0973. The van der Waals surface area contributed by atoms with Crippen LogP contribution in [0.1, 0.15) is 10.4 Å². The Labute approximate surface area is 174 Å². The van der Waals surface area contributed by atoms with Gasteiger partial charge in [-0.3, -0.25) is 18.7 Å². The second kappa shape index (κ2) is 7.29. The van der Waals surface area contributed by atoms with Crippen molar-refractivity contribution in [2.45, 2.75) is 6.54 Å². The summed E-state index contributed by atoms with van der Waals surface area (Å²) in [6.07, 6.45) is 1.42. The van der Waals surface area contributed by atoms with Gasteiger partial charge in [-0.15, -0.1) is 0 Å². The molecule has 146 valence electrons. The molecule has 2 heterocycles. The highest BCUT2D eigenvalue weighted by atomic mass is 79.9. The second-order valence-corrected chi connectivity index (χ2v) is 7.67. The van der Waals surface area contributed by atoms with Gasteiger partial charge in [-0.05, 0) is 23.3 Å². The Hall–Kier alpha value is -3.26. The third-order valence-electron chi connectivity index (χ3n) is 4.92. The molecule has 4 rings (SSSR count). The van der Waals surface area contributed by atoms with E-state index in [4.69, 9.17) is 0 Å². The number of fused-ring (bicyclic) bond motifs is 1. The minimum absolute atomic E-state index is 0.0401. The van der Waals surface area contributed by atoms with Crippen molar-refractivity contribution in [3.05, 3.63) is 85.7 Å². The lowest BCUT2D eigenvalue weighted by Gasteiger charge is -2.07. The van der Waals surface area contributed by atoms with E-state index in [1.807, 2.05) is 36.4 Å². The Morgan fingerprint density at radius 2 is 1.52 bits per heavy atom. The van der Waals surface area contributed by atoms with E-state index in [9.17, 15) is 14.4 Å². The van der Waals surface area contributed by atoms with E-state index < -0.39 is 11.2 Å². The number of hydrogen-bond donors (Lipinski definition) is 0. The molecule has 2 aromatic heterocycles. The van der Waals surface area contributed by atoms with E-state index in [1.54, 1.807) is 19.2 Å². The van der Waals surface area contributed by atoms with Gasteiger partial charge in [0.05, 0.1) is 12.9 Å². The second-order valence-electron chi connectivity index (χ2n) is 6.76. The van der Waals surface area contributed by atoms with E-state index >= 15 is 0 Å². The van der Waals surface area contributed by atoms with Crippen molar-refractivity contribution in [3.63, 3.8) is 0 Å². The fourth-order valence-corrected chi connectivity index (χ4v) is 3.52. The SMILES string of the molecule is Cn1c(=O)c2c(ncn2CC(=O)c2ccc(-c3ccc(Br)cc3)cc2)n(C)c1=O. The quantitative estimate of drug-likeness (QED) is 0.446. The monoisotopic (exact) mass is 452 g/mol. The Balaban J connectivity index is 1.64. The van der Waals surface area contributed by atoms with Gasteiger partial charge < -0.3 is 4.57 Å². The van der Waals surface area contributed by atoms with Gasteiger partial charge in [0.25, 0.3) is 5.56 Å². The molecule has 0 aliphatic rings. The third-order valence-corrected chi connectivity index (χ3v) is 5.44. The van der Waals surface area contributed by atoms with Crippen molar-refractivity contribution in [2.24, 2.45) is 14.1 Å². The number of ketones is 1. The fourth-order valence-electron chi connectivity index (χ4n) is 3.25. The molecule has 4 aromatic rings. The molecule has 0 atom stereocenters. The maximum atomic E-state index is 12.8. The summed E-state index contributed by atoms with van der Waals surface area (Å²) < 4.78 is 4.80. The first-order chi connectivity index (χ1) is 13.9. The molecule has 0 saturated heterocycles. The molecule has 0 aliphatic carbocycles. The molecular formula is C21H17BrN4O3. The average Bonchev–Trinajstić information content (AvgIpc) is 3.15. The van der Waals surface area contributed by atoms with Gasteiger partial charge in [-0.2, -0.15) is 0 Å². The molecule has 7 nitrogen and oxygen atoms in total. The van der Waals surface area contributed by atoms with Gasteiger partial charge in [0.2, 0.25) is 0 Å². The predicted molar refractivity (Wildman–Crippen MR) is 114 cm³/mol. The highest BCUT2D eigenvalue weighted by molar-refractivity contribution is 9.10. The zero-order chi connectivity index (χ0) is 20.7. The molecule has 0 N–H and O–H groups in total. The van der Waals surface area contributed by atoms with Crippen LogP contribution in [0.3, 0.4) is 0 Å². The van der Waals surface area contributed by atoms with Crippen molar-refractivity contribution in [3.8, 4) is 11.1 Å². The molecule has 0 aliphatic heterocycles. The molecule has 0 spiro atoms. The van der Waals surface area contributed by atoms with Crippen molar-refractivity contribution in [1.29, 1.82) is 0 Å². The topological polar surface area (TPSA) is 78.9 Å². The van der Waals surface area contributed by atoms with Gasteiger partial charge in [-0.25, -0.2) is 9.78 Å². The van der Waals surface area contributed by atoms with Crippen LogP contribution in [0.5, 0.6) is 0 Å². The van der Waals surface area contributed by atoms with Crippen LogP contribution in [0.4, 0.5) is 0 Å². The summed E-state index contributed by atoms with van der Waals surface area (Å²) in [5, 5.41) is 0. The number of nitrogens with zero attached hydrogens (tertiary/aromatic N) is 4. The predicted octanol–water partition coefficient (Wildman–Crippen LogP) is 2.75. The number of imidazole rings is 1. The van der Waals surface area contributed by atoms with E-state index in [2.05, 4.69) is 20.9 Å². The Kier molecular flexibility index (Phi) is 4.79. The van der Waals surface area contributed by atoms with Crippen LogP contribution < -0.4 is 11.2 Å². The standard InChI is InChI=1S/C21H17BrN4O3/c1-24-19-18(20(28)25(2)21(24)29)26(12-23-19)11-17(27)15-5-3-13(4-6-15)14-7-9-16(22)10-8-14/h3-10,12H,11H2,1-2H3. The van der Waals surface area contributed by atoms with Gasteiger partial charge in [0.1, 0.15) is 0 Å². The molecule has 2 aromatic carbocycles. The molecule has 0 saturated carbocycles. The molecule has 0 amide bonds. The summed E-state index contributed by atoms with van der Waals surface area (Å²) in [5.41, 5.74) is 2.16. The van der Waals surface area contributed by atoms with Gasteiger partial charge >= 0.3 is 5.69 Å². The highest BCUT2D eigenvalue weighted by Crippen LogP contribution is 2.22. The van der Waals surface area contributed by atoms with Gasteiger partial charge in [-0.1, -0.05) is 52.3 Å². The largest absolute Gasteiger partial charge is 0.332 e. The maximum absolute atomic E-state index is 12.8. The fraction of sp³-hybridized carbons (Fsp3) is 0.143. The van der Waals surface area contributed by atoms with Crippen molar-refractivity contribution in [1.82, 2.24) is 18.7 Å². The number of hydrogen-bond acceptors (Lipinski definition) is 4. The molecule has 0 fully saturated rings. The van der Waals surface area contributed by atoms with Gasteiger partial charge in [0.15, 0.2) is 16.9 Å². The lowest BCUT2D eigenvalue weighted by atomic mass is 10.0. The molecule has 0 unspecified atom stereocenters. The summed E-state index contributed by atoms with van der Waals surface area (Å²) in [6.45, 7) is -0.0401. The van der Waals surface area contributed by atoms with Crippen molar-refractivity contribution < 1.29 is 4.79 Å². The zero-order valence-electron chi connectivity index (χ0n) is 15.8. The number of aryl methyl sites for hydroxylation is 1. The maximum Gasteiger partial charge on any atom is 0.332 e. The van der Waals surface area contributed by atoms with E-state index in [0.29, 0.717) is 5.56 Å². The molecule has 8 heteroatoms. The number of halogens is 1. The average molecular weight is 453 g/mol. The van der Waals surface area contributed by atoms with E-state index in [-0.39, 0.29) is 23.5 Å². The lowest BCUT2D eigenvalue weighted by Crippen LogP contribution is -2.37. The summed E-state index contributed by atoms with van der Waals surface area (Å²) in [7, 11) is 2.95. The number of Topliss-reactive ketones (excluding diaryl/α,β-unsaturated/α-hetero) is 1. The molecular weight excluding hydrogens is 436 g/mol. The molecule has 0 bridgehead atoms. The first kappa shape index (κ1) is 19.1.